The lowest BCUT2D eigenvalue weighted by atomic mass is 10.2. The number of anilines is 2. The molecule has 1 saturated heterocycles. The molecule has 0 atom stereocenters. The van der Waals surface area contributed by atoms with Gasteiger partial charge in [-0.3, -0.25) is 4.79 Å². The first-order chi connectivity index (χ1) is 15.7. The van der Waals surface area contributed by atoms with Crippen LogP contribution in [0.2, 0.25) is 0 Å². The van der Waals surface area contributed by atoms with Gasteiger partial charge in [0.05, 0.1) is 18.6 Å². The number of hydrogen-bond donors (Lipinski definition) is 1. The summed E-state index contributed by atoms with van der Waals surface area (Å²) in [6.45, 7) is 4.01. The van der Waals surface area contributed by atoms with Crippen LogP contribution in [-0.4, -0.2) is 54.9 Å². The summed E-state index contributed by atoms with van der Waals surface area (Å²) < 4.78 is 5.50. The first-order valence-electron chi connectivity index (χ1n) is 10.6. The van der Waals surface area contributed by atoms with Gasteiger partial charge >= 0.3 is 0 Å². The zero-order valence-corrected chi connectivity index (χ0v) is 18.9. The number of rotatable bonds is 8. The molecule has 7 nitrogen and oxygen atoms in total. The third-order valence-corrected chi connectivity index (χ3v) is 6.17. The number of carbonyl (C=O) groups excluding carboxylic acids is 1. The van der Waals surface area contributed by atoms with Crippen LogP contribution in [0.25, 0.3) is 0 Å². The summed E-state index contributed by atoms with van der Waals surface area (Å²) in [4.78, 5) is 25.8. The van der Waals surface area contributed by atoms with Crippen molar-refractivity contribution < 1.29 is 9.53 Å². The van der Waals surface area contributed by atoms with Crippen LogP contribution in [0.5, 0.6) is 5.75 Å². The Hall–Kier alpha value is -3.26. The number of piperazine rings is 1. The Bertz CT molecular complexity index is 1030. The molecule has 1 fully saturated rings. The maximum atomic E-state index is 12.2. The summed E-state index contributed by atoms with van der Waals surface area (Å²) >= 11 is 1.36. The Morgan fingerprint density at radius 2 is 1.72 bits per heavy atom. The highest BCUT2D eigenvalue weighted by Crippen LogP contribution is 2.29. The molecule has 1 N–H and O–H groups in total. The van der Waals surface area contributed by atoms with E-state index in [2.05, 4.69) is 31.2 Å². The summed E-state index contributed by atoms with van der Waals surface area (Å²) in [7, 11) is 1.71. The highest BCUT2D eigenvalue weighted by molar-refractivity contribution is 7.99. The van der Waals surface area contributed by atoms with Gasteiger partial charge in [0.25, 0.3) is 0 Å². The smallest absolute Gasteiger partial charge is 0.230 e. The summed E-state index contributed by atoms with van der Waals surface area (Å²) in [6, 6.07) is 19.9. The van der Waals surface area contributed by atoms with Crippen LogP contribution >= 0.6 is 11.8 Å². The molecule has 1 aliphatic heterocycles. The van der Waals surface area contributed by atoms with Crippen LogP contribution in [-0.2, 0) is 11.3 Å². The molecule has 1 aliphatic rings. The number of methoxy groups -OCH3 is 1. The lowest BCUT2D eigenvalue weighted by molar-refractivity contribution is -0.118. The molecule has 8 heteroatoms. The fourth-order valence-electron chi connectivity index (χ4n) is 3.62. The highest BCUT2D eigenvalue weighted by Gasteiger charge is 2.21. The molecule has 0 spiro atoms. The molecule has 4 rings (SSSR count). The molecule has 1 aromatic heterocycles. The van der Waals surface area contributed by atoms with Gasteiger partial charge in [-0.1, -0.05) is 54.2 Å². The van der Waals surface area contributed by atoms with Gasteiger partial charge in [-0.05, 0) is 23.8 Å². The molecule has 0 radical (unpaired) electrons. The van der Waals surface area contributed by atoms with Crippen molar-refractivity contribution in [2.45, 2.75) is 11.7 Å². The zero-order valence-electron chi connectivity index (χ0n) is 18.1. The van der Waals surface area contributed by atoms with E-state index >= 15 is 0 Å². The van der Waals surface area contributed by atoms with Crippen molar-refractivity contribution in [3.63, 3.8) is 0 Å². The Kier molecular flexibility index (Phi) is 7.45. The first kappa shape index (κ1) is 22.0. The minimum atomic E-state index is -0.0294. The van der Waals surface area contributed by atoms with Gasteiger partial charge in [0.15, 0.2) is 5.16 Å². The van der Waals surface area contributed by atoms with Crippen LogP contribution in [0.4, 0.5) is 11.5 Å². The molecule has 2 heterocycles. The van der Waals surface area contributed by atoms with Crippen LogP contribution < -0.4 is 19.9 Å². The zero-order chi connectivity index (χ0) is 22.2. The van der Waals surface area contributed by atoms with Crippen molar-refractivity contribution in [3.05, 3.63) is 72.4 Å². The van der Waals surface area contributed by atoms with Gasteiger partial charge in [-0.15, -0.1) is 0 Å². The van der Waals surface area contributed by atoms with E-state index < -0.39 is 0 Å². The van der Waals surface area contributed by atoms with E-state index in [1.54, 1.807) is 13.3 Å². The molecule has 0 unspecified atom stereocenters. The molecular weight excluding hydrogens is 422 g/mol. The van der Waals surface area contributed by atoms with E-state index in [1.807, 2.05) is 54.6 Å². The van der Waals surface area contributed by atoms with E-state index in [4.69, 9.17) is 4.74 Å². The summed E-state index contributed by atoms with van der Waals surface area (Å²) in [5.74, 6) is 2.05. The second-order valence-corrected chi connectivity index (χ2v) is 8.34. The standard InChI is InChI=1S/C24H27N5O2S/c1-31-21-10-6-5-9-20(21)28-13-15-29(16-14-28)22-11-12-25-24(27-22)32-18-23(30)26-17-19-7-3-2-4-8-19/h2-12H,13-18H2,1H3,(H,26,30). The lowest BCUT2D eigenvalue weighted by Crippen LogP contribution is -2.47. The van der Waals surface area contributed by atoms with Gasteiger partial charge in [0, 0.05) is 38.9 Å². The average molecular weight is 450 g/mol. The molecule has 3 aromatic rings. The molecular formula is C24H27N5O2S. The Labute approximate surface area is 192 Å². The third-order valence-electron chi connectivity index (χ3n) is 5.31. The van der Waals surface area contributed by atoms with Crippen LogP contribution in [0, 0.1) is 0 Å². The second-order valence-electron chi connectivity index (χ2n) is 7.39. The fourth-order valence-corrected chi connectivity index (χ4v) is 4.28. The number of para-hydroxylation sites is 2. The number of thioether (sulfide) groups is 1. The summed E-state index contributed by atoms with van der Waals surface area (Å²) in [6.07, 6.45) is 1.76. The number of nitrogens with one attached hydrogen (secondary N) is 1. The van der Waals surface area contributed by atoms with Gasteiger partial charge in [0.1, 0.15) is 11.6 Å². The van der Waals surface area contributed by atoms with E-state index in [0.717, 1.165) is 49.0 Å². The Morgan fingerprint density at radius 3 is 2.50 bits per heavy atom. The number of carbonyl (C=O) groups is 1. The van der Waals surface area contributed by atoms with Crippen molar-refractivity contribution in [2.24, 2.45) is 0 Å². The molecule has 166 valence electrons. The second kappa shape index (κ2) is 10.9. The van der Waals surface area contributed by atoms with Gasteiger partial charge < -0.3 is 19.9 Å². The topological polar surface area (TPSA) is 70.6 Å². The van der Waals surface area contributed by atoms with E-state index in [9.17, 15) is 4.79 Å². The Balaban J connectivity index is 1.28. The molecule has 0 aliphatic carbocycles. The van der Waals surface area contributed by atoms with Gasteiger partial charge in [0.2, 0.25) is 5.91 Å². The third kappa shape index (κ3) is 5.70. The quantitative estimate of drug-likeness (QED) is 0.418. The highest BCUT2D eigenvalue weighted by atomic mass is 32.2. The monoisotopic (exact) mass is 449 g/mol. The van der Waals surface area contributed by atoms with Gasteiger partial charge in [-0.25, -0.2) is 9.97 Å². The predicted octanol–water partition coefficient (Wildman–Crippen LogP) is 3.22. The van der Waals surface area contributed by atoms with Crippen molar-refractivity contribution in [3.8, 4) is 5.75 Å². The minimum Gasteiger partial charge on any atom is -0.495 e. The molecule has 2 aromatic carbocycles. The van der Waals surface area contributed by atoms with Crippen molar-refractivity contribution >= 4 is 29.2 Å². The maximum absolute atomic E-state index is 12.2. The number of ether oxygens (including phenoxy) is 1. The fraction of sp³-hybridized carbons (Fsp3) is 0.292. The van der Waals surface area contributed by atoms with Crippen molar-refractivity contribution in [2.75, 3.05) is 48.8 Å². The van der Waals surface area contributed by atoms with Crippen LogP contribution in [0.15, 0.2) is 72.0 Å². The summed E-state index contributed by atoms with van der Waals surface area (Å²) in [5, 5.41) is 3.55. The predicted molar refractivity (Wildman–Crippen MR) is 128 cm³/mol. The van der Waals surface area contributed by atoms with Crippen LogP contribution in [0.1, 0.15) is 5.56 Å². The molecule has 0 saturated carbocycles. The number of benzene rings is 2. The number of aromatic nitrogens is 2. The van der Waals surface area contributed by atoms with E-state index in [-0.39, 0.29) is 11.7 Å². The SMILES string of the molecule is COc1ccccc1N1CCN(c2ccnc(SCC(=O)NCc3ccccc3)n2)CC1. The van der Waals surface area contributed by atoms with Crippen LogP contribution in [0.3, 0.4) is 0 Å². The molecule has 32 heavy (non-hydrogen) atoms. The van der Waals surface area contributed by atoms with Crippen molar-refractivity contribution in [1.29, 1.82) is 0 Å². The normalized spacial score (nSPS) is 13.7. The van der Waals surface area contributed by atoms with E-state index in [1.165, 1.54) is 11.8 Å². The minimum absolute atomic E-state index is 0.0294. The number of hydrogen-bond acceptors (Lipinski definition) is 7. The average Bonchev–Trinajstić information content (AvgIpc) is 2.87. The van der Waals surface area contributed by atoms with Gasteiger partial charge in [-0.2, -0.15) is 0 Å². The number of nitrogens with zero attached hydrogens (tertiary/aromatic N) is 4. The summed E-state index contributed by atoms with van der Waals surface area (Å²) in [5.41, 5.74) is 2.20. The molecule has 1 amide bonds. The largest absolute Gasteiger partial charge is 0.495 e. The number of amides is 1. The van der Waals surface area contributed by atoms with E-state index in [0.29, 0.717) is 11.7 Å². The van der Waals surface area contributed by atoms with Crippen molar-refractivity contribution in [1.82, 2.24) is 15.3 Å². The lowest BCUT2D eigenvalue weighted by Gasteiger charge is -2.37. The first-order valence-corrected chi connectivity index (χ1v) is 11.6. The maximum Gasteiger partial charge on any atom is 0.230 e. The Morgan fingerprint density at radius 1 is 1.00 bits per heavy atom. The molecule has 0 bridgehead atoms.